The minimum Gasteiger partial charge on any atom is -0.359 e. The van der Waals surface area contributed by atoms with Crippen molar-refractivity contribution < 1.29 is 14.3 Å². The molecule has 60 valence electrons. The van der Waals surface area contributed by atoms with Crippen LogP contribution in [-0.2, 0) is 14.3 Å². The fourth-order valence-electron chi connectivity index (χ4n) is 0.505. The summed E-state index contributed by atoms with van der Waals surface area (Å²) < 4.78 is 9.54. The summed E-state index contributed by atoms with van der Waals surface area (Å²) in [5.41, 5.74) is 0. The monoisotopic (exact) mass is 146 g/mol. The zero-order chi connectivity index (χ0) is 7.82. The Labute approximate surface area is 61.3 Å². The van der Waals surface area contributed by atoms with E-state index in [1.165, 1.54) is 0 Å². The van der Waals surface area contributed by atoms with Gasteiger partial charge in [0.2, 0.25) is 0 Å². The predicted molar refractivity (Wildman–Crippen MR) is 37.7 cm³/mol. The first kappa shape index (κ1) is 9.59. The van der Waals surface area contributed by atoms with Gasteiger partial charge in [-0.25, -0.2) is 0 Å². The van der Waals surface area contributed by atoms with Crippen LogP contribution in [-0.4, -0.2) is 26.3 Å². The molecule has 0 aliphatic heterocycles. The van der Waals surface area contributed by atoms with E-state index in [0.717, 1.165) is 0 Å². The van der Waals surface area contributed by atoms with Crippen molar-refractivity contribution in [3.8, 4) is 0 Å². The molecule has 0 saturated heterocycles. The fraction of sp³-hybridized carbons (Fsp3) is 0.857. The lowest BCUT2D eigenvalue weighted by atomic mass is 10.2. The maximum atomic E-state index is 10.7. The number of ether oxygens (including phenoxy) is 2. The van der Waals surface area contributed by atoms with Crippen LogP contribution in [0.25, 0.3) is 0 Å². The van der Waals surface area contributed by atoms with E-state index in [0.29, 0.717) is 19.4 Å². The molecule has 0 aromatic carbocycles. The van der Waals surface area contributed by atoms with Gasteiger partial charge in [0, 0.05) is 20.0 Å². The number of methoxy groups -OCH3 is 1. The van der Waals surface area contributed by atoms with E-state index in [9.17, 15) is 4.79 Å². The Morgan fingerprint density at radius 1 is 1.50 bits per heavy atom. The predicted octanol–water partition coefficient (Wildman–Crippen LogP) is 0.976. The summed E-state index contributed by atoms with van der Waals surface area (Å²) in [7, 11) is 1.56. The molecule has 0 radical (unpaired) electrons. The summed E-state index contributed by atoms with van der Waals surface area (Å²) in [6, 6.07) is 0. The summed E-state index contributed by atoms with van der Waals surface area (Å²) in [5, 5.41) is 0. The van der Waals surface area contributed by atoms with E-state index in [1.54, 1.807) is 7.11 Å². The molecule has 10 heavy (non-hydrogen) atoms. The third-order valence-electron chi connectivity index (χ3n) is 1.12. The van der Waals surface area contributed by atoms with Crippen LogP contribution in [0.15, 0.2) is 0 Å². The Balaban J connectivity index is 2.96. The quantitative estimate of drug-likeness (QED) is 0.414. The summed E-state index contributed by atoms with van der Waals surface area (Å²) in [6.45, 7) is 2.59. The van der Waals surface area contributed by atoms with Crippen molar-refractivity contribution in [3.63, 3.8) is 0 Å². The van der Waals surface area contributed by atoms with Gasteiger partial charge in [-0.15, -0.1) is 0 Å². The molecular weight excluding hydrogens is 132 g/mol. The molecule has 0 rings (SSSR count). The van der Waals surface area contributed by atoms with Gasteiger partial charge in [0.1, 0.15) is 12.6 Å². The molecular formula is C7H14O3. The van der Waals surface area contributed by atoms with Gasteiger partial charge in [-0.2, -0.15) is 0 Å². The highest BCUT2D eigenvalue weighted by molar-refractivity contribution is 5.78. The van der Waals surface area contributed by atoms with E-state index < -0.39 is 0 Å². The molecule has 3 heteroatoms. The highest BCUT2D eigenvalue weighted by Gasteiger charge is 1.96. The fourth-order valence-corrected chi connectivity index (χ4v) is 0.505. The van der Waals surface area contributed by atoms with Crippen LogP contribution in [0, 0.1) is 0 Å². The number of carbonyl (C=O) groups excluding carboxylic acids is 1. The maximum absolute atomic E-state index is 10.7. The number of ketones is 1. The van der Waals surface area contributed by atoms with Crippen molar-refractivity contribution in [3.05, 3.63) is 0 Å². The zero-order valence-corrected chi connectivity index (χ0v) is 6.55. The van der Waals surface area contributed by atoms with E-state index in [4.69, 9.17) is 4.74 Å². The van der Waals surface area contributed by atoms with E-state index >= 15 is 0 Å². The molecule has 0 saturated carbocycles. The number of carbonyl (C=O) groups is 1. The number of hydrogen-bond acceptors (Lipinski definition) is 3. The average molecular weight is 146 g/mol. The first-order valence-electron chi connectivity index (χ1n) is 3.39. The van der Waals surface area contributed by atoms with Gasteiger partial charge in [0.15, 0.2) is 0 Å². The maximum Gasteiger partial charge on any atom is 0.146 e. The molecule has 0 unspecified atom stereocenters. The van der Waals surface area contributed by atoms with Crippen molar-refractivity contribution >= 4 is 5.78 Å². The lowest BCUT2D eigenvalue weighted by Crippen LogP contribution is -2.04. The second-order valence-electron chi connectivity index (χ2n) is 1.96. The molecule has 0 N–H and O–H groups in total. The molecule has 0 spiro atoms. The lowest BCUT2D eigenvalue weighted by Gasteiger charge is -1.99. The van der Waals surface area contributed by atoms with Gasteiger partial charge in [-0.1, -0.05) is 6.92 Å². The molecule has 0 fully saturated rings. The molecule has 0 heterocycles. The van der Waals surface area contributed by atoms with Crippen molar-refractivity contribution in [2.24, 2.45) is 0 Å². The van der Waals surface area contributed by atoms with Crippen LogP contribution in [0.5, 0.6) is 0 Å². The molecule has 0 bridgehead atoms. The molecule has 0 aromatic heterocycles. The Morgan fingerprint density at radius 2 is 2.20 bits per heavy atom. The largest absolute Gasteiger partial charge is 0.359 e. The van der Waals surface area contributed by atoms with Crippen LogP contribution in [0.1, 0.15) is 19.8 Å². The third-order valence-corrected chi connectivity index (χ3v) is 1.12. The van der Waals surface area contributed by atoms with Gasteiger partial charge in [0.25, 0.3) is 0 Å². The van der Waals surface area contributed by atoms with Crippen LogP contribution in [0.2, 0.25) is 0 Å². The van der Waals surface area contributed by atoms with E-state index in [2.05, 4.69) is 4.74 Å². The van der Waals surface area contributed by atoms with Gasteiger partial charge >= 0.3 is 0 Å². The average Bonchev–Trinajstić information content (AvgIpc) is 1.98. The highest BCUT2D eigenvalue weighted by atomic mass is 16.7. The molecule has 0 amide bonds. The number of rotatable bonds is 6. The van der Waals surface area contributed by atoms with Crippen LogP contribution in [0.4, 0.5) is 0 Å². The molecule has 3 nitrogen and oxygen atoms in total. The normalized spacial score (nSPS) is 9.80. The number of Topliss-reactive ketones (excluding diaryl/α,β-unsaturated/α-hetero) is 1. The van der Waals surface area contributed by atoms with Gasteiger partial charge in [-0.3, -0.25) is 4.79 Å². The summed E-state index contributed by atoms with van der Waals surface area (Å²) in [4.78, 5) is 10.7. The van der Waals surface area contributed by atoms with Crippen LogP contribution in [0.3, 0.4) is 0 Å². The Morgan fingerprint density at radius 3 is 2.70 bits per heavy atom. The van der Waals surface area contributed by atoms with E-state index in [-0.39, 0.29) is 12.6 Å². The Bertz CT molecular complexity index is 90.9. The standard InChI is InChI=1S/C7H14O3/c1-3-7(8)4-5-10-6-9-2/h3-6H2,1-2H3. The Hall–Kier alpha value is -0.410. The minimum atomic E-state index is 0.233. The van der Waals surface area contributed by atoms with E-state index in [1.807, 2.05) is 6.92 Å². The lowest BCUT2D eigenvalue weighted by molar-refractivity contribution is -0.121. The Kier molecular flexibility index (Phi) is 6.43. The van der Waals surface area contributed by atoms with Gasteiger partial charge in [0.05, 0.1) is 6.61 Å². The second kappa shape index (κ2) is 6.71. The molecule has 0 atom stereocenters. The van der Waals surface area contributed by atoms with Crippen LogP contribution < -0.4 is 0 Å². The van der Waals surface area contributed by atoms with Gasteiger partial charge < -0.3 is 9.47 Å². The second-order valence-corrected chi connectivity index (χ2v) is 1.96. The zero-order valence-electron chi connectivity index (χ0n) is 6.55. The topological polar surface area (TPSA) is 35.5 Å². The van der Waals surface area contributed by atoms with Crippen LogP contribution >= 0.6 is 0 Å². The summed E-state index contributed by atoms with van der Waals surface area (Å²) in [6.07, 6.45) is 1.09. The minimum absolute atomic E-state index is 0.233. The SMILES string of the molecule is CCC(=O)CCOCOC. The highest BCUT2D eigenvalue weighted by Crippen LogP contribution is 1.89. The molecule has 0 aliphatic rings. The summed E-state index contributed by atoms with van der Waals surface area (Å²) in [5.74, 6) is 0.233. The number of hydrogen-bond donors (Lipinski definition) is 0. The van der Waals surface area contributed by atoms with Crippen molar-refractivity contribution in [1.29, 1.82) is 0 Å². The summed E-state index contributed by atoms with van der Waals surface area (Å²) >= 11 is 0. The first-order chi connectivity index (χ1) is 4.81. The van der Waals surface area contributed by atoms with Gasteiger partial charge in [-0.05, 0) is 0 Å². The van der Waals surface area contributed by atoms with Crippen molar-refractivity contribution in [2.45, 2.75) is 19.8 Å². The third kappa shape index (κ3) is 5.72. The molecule has 0 aromatic rings. The first-order valence-corrected chi connectivity index (χ1v) is 3.39. The van der Waals surface area contributed by atoms with Crippen molar-refractivity contribution in [2.75, 3.05) is 20.5 Å². The smallest absolute Gasteiger partial charge is 0.146 e. The van der Waals surface area contributed by atoms with Crippen molar-refractivity contribution in [1.82, 2.24) is 0 Å². The molecule has 0 aliphatic carbocycles.